The lowest BCUT2D eigenvalue weighted by molar-refractivity contribution is 0.217. The number of benzene rings is 5. The summed E-state index contributed by atoms with van der Waals surface area (Å²) < 4.78 is 12.4. The zero-order chi connectivity index (χ0) is 35.4. The van der Waals surface area contributed by atoms with Gasteiger partial charge >= 0.3 is 6.01 Å². The molecule has 0 amide bonds. The second-order valence-corrected chi connectivity index (χ2v) is 14.2. The Bertz CT molecular complexity index is 1970. The van der Waals surface area contributed by atoms with E-state index < -0.39 is 0 Å². The van der Waals surface area contributed by atoms with Crippen molar-refractivity contribution in [3.8, 4) is 40.3 Å². The normalized spacial score (nSPS) is 12.3. The van der Waals surface area contributed by atoms with Crippen molar-refractivity contribution in [2.24, 2.45) is 5.92 Å². The minimum atomic E-state index is 0.0726. The standard InChI is InChI=1S/C45H55N3O3/c1-4-7-9-10-11-12-13-14-15-16-29-50-36-25-28-39(40(49)30-36)44-46-43(47-45(48-44)51-31-32(6-3)18-8-5-2)38-27-24-35-22-21-33-19-17-20-34-23-26-37(38)42(35)41(33)34/h17,19-28,30,32,49H,4-16,18,29,31H2,1-3H3. The zero-order valence-corrected chi connectivity index (χ0v) is 30.9. The maximum absolute atomic E-state index is 11.3. The molecule has 51 heavy (non-hydrogen) atoms. The average Bonchev–Trinajstić information content (AvgIpc) is 3.16. The summed E-state index contributed by atoms with van der Waals surface area (Å²) in [5, 5.41) is 18.4. The summed E-state index contributed by atoms with van der Waals surface area (Å²) in [6, 6.07) is 25.0. The van der Waals surface area contributed by atoms with Gasteiger partial charge in [0, 0.05) is 11.6 Å². The molecule has 0 aliphatic heterocycles. The van der Waals surface area contributed by atoms with Crippen LogP contribution in [0.25, 0.3) is 55.1 Å². The number of unbranched alkanes of at least 4 members (excludes halogenated alkanes) is 10. The summed E-state index contributed by atoms with van der Waals surface area (Å²) in [5.41, 5.74) is 1.42. The Labute approximate surface area is 304 Å². The van der Waals surface area contributed by atoms with E-state index in [1.165, 1.54) is 84.7 Å². The van der Waals surface area contributed by atoms with Crippen LogP contribution in [0.4, 0.5) is 0 Å². The van der Waals surface area contributed by atoms with Crippen molar-refractivity contribution in [2.45, 2.75) is 111 Å². The minimum absolute atomic E-state index is 0.0726. The Morgan fingerprint density at radius 2 is 1.20 bits per heavy atom. The van der Waals surface area contributed by atoms with Gasteiger partial charge in [0.1, 0.15) is 11.5 Å². The molecule has 1 aromatic heterocycles. The van der Waals surface area contributed by atoms with Crippen LogP contribution >= 0.6 is 0 Å². The Hall–Kier alpha value is -4.45. The summed E-state index contributed by atoms with van der Waals surface area (Å²) >= 11 is 0. The Balaban J connectivity index is 1.22. The number of aromatic nitrogens is 3. The number of hydrogen-bond acceptors (Lipinski definition) is 6. The lowest BCUT2D eigenvalue weighted by atomic mass is 9.92. The van der Waals surface area contributed by atoms with Gasteiger partial charge < -0.3 is 14.6 Å². The van der Waals surface area contributed by atoms with E-state index in [4.69, 9.17) is 24.4 Å². The second kappa shape index (κ2) is 18.2. The van der Waals surface area contributed by atoms with E-state index in [2.05, 4.69) is 75.4 Å². The van der Waals surface area contributed by atoms with Gasteiger partial charge in [0.05, 0.1) is 18.8 Å². The molecule has 1 atom stereocenters. The van der Waals surface area contributed by atoms with Gasteiger partial charge in [-0.1, -0.05) is 146 Å². The molecule has 5 aromatic carbocycles. The Morgan fingerprint density at radius 3 is 1.88 bits per heavy atom. The third kappa shape index (κ3) is 9.08. The predicted molar refractivity (Wildman–Crippen MR) is 212 cm³/mol. The highest BCUT2D eigenvalue weighted by molar-refractivity contribution is 6.25. The summed E-state index contributed by atoms with van der Waals surface area (Å²) in [6.07, 6.45) is 17.3. The first-order valence-electron chi connectivity index (χ1n) is 19.6. The first kappa shape index (κ1) is 36.3. The number of phenolic OH excluding ortho intramolecular Hbond substituents is 1. The van der Waals surface area contributed by atoms with Crippen LogP contribution in [0.2, 0.25) is 0 Å². The number of ether oxygens (including phenoxy) is 2. The fraction of sp³-hybridized carbons (Fsp3) is 0.444. The molecule has 0 aliphatic carbocycles. The molecule has 0 aliphatic rings. The summed E-state index contributed by atoms with van der Waals surface area (Å²) in [7, 11) is 0. The Morgan fingerprint density at radius 1 is 0.588 bits per heavy atom. The predicted octanol–water partition coefficient (Wildman–Crippen LogP) is 12.7. The van der Waals surface area contributed by atoms with Crippen LogP contribution in [0, 0.1) is 5.92 Å². The first-order chi connectivity index (χ1) is 25.1. The lowest BCUT2D eigenvalue weighted by Gasteiger charge is -2.16. The molecule has 1 unspecified atom stereocenters. The molecule has 0 spiro atoms. The van der Waals surface area contributed by atoms with Crippen LogP contribution in [-0.2, 0) is 0 Å². The first-order valence-corrected chi connectivity index (χ1v) is 19.6. The molecule has 0 saturated heterocycles. The van der Waals surface area contributed by atoms with E-state index in [1.807, 2.05) is 12.1 Å². The van der Waals surface area contributed by atoms with Crippen LogP contribution in [0.3, 0.4) is 0 Å². The number of rotatable bonds is 21. The maximum Gasteiger partial charge on any atom is 0.320 e. The van der Waals surface area contributed by atoms with Gasteiger partial charge in [-0.25, -0.2) is 4.98 Å². The van der Waals surface area contributed by atoms with Crippen molar-refractivity contribution in [3.63, 3.8) is 0 Å². The van der Waals surface area contributed by atoms with Crippen LogP contribution in [-0.4, -0.2) is 33.3 Å². The van der Waals surface area contributed by atoms with Crippen molar-refractivity contribution in [1.29, 1.82) is 0 Å². The third-order valence-corrected chi connectivity index (χ3v) is 10.4. The molecule has 0 fully saturated rings. The van der Waals surface area contributed by atoms with Crippen molar-refractivity contribution in [2.75, 3.05) is 13.2 Å². The summed E-state index contributed by atoms with van der Waals surface area (Å²) in [4.78, 5) is 14.6. The smallest absolute Gasteiger partial charge is 0.320 e. The molecule has 268 valence electrons. The quantitative estimate of drug-likeness (QED) is 0.0600. The van der Waals surface area contributed by atoms with Crippen LogP contribution in [0.15, 0.2) is 72.8 Å². The molecule has 1 heterocycles. The molecule has 6 rings (SSSR count). The SMILES string of the molecule is CCCCCCCCCCCCOc1ccc(-c2nc(OCC(CC)CCCC)nc(-c3ccc4ccc5cccc6ccc3c4c56)n2)c(O)c1. The largest absolute Gasteiger partial charge is 0.507 e. The number of hydrogen-bond donors (Lipinski definition) is 1. The van der Waals surface area contributed by atoms with E-state index in [9.17, 15) is 5.11 Å². The third-order valence-electron chi connectivity index (χ3n) is 10.4. The highest BCUT2D eigenvalue weighted by atomic mass is 16.5. The van der Waals surface area contributed by atoms with E-state index in [0.717, 1.165) is 43.1 Å². The number of nitrogens with zero attached hydrogens (tertiary/aromatic N) is 3. The fourth-order valence-corrected chi connectivity index (χ4v) is 7.25. The van der Waals surface area contributed by atoms with E-state index in [-0.39, 0.29) is 11.8 Å². The molecular weight excluding hydrogens is 631 g/mol. The highest BCUT2D eigenvalue weighted by Crippen LogP contribution is 2.39. The second-order valence-electron chi connectivity index (χ2n) is 14.2. The van der Waals surface area contributed by atoms with Crippen molar-refractivity contribution in [3.05, 3.63) is 72.8 Å². The fourth-order valence-electron chi connectivity index (χ4n) is 7.25. The van der Waals surface area contributed by atoms with Crippen LogP contribution in [0.1, 0.15) is 111 Å². The number of phenols is 1. The number of aromatic hydroxyl groups is 1. The molecular formula is C45H55N3O3. The molecule has 0 saturated carbocycles. The van der Waals surface area contributed by atoms with Crippen molar-refractivity contribution < 1.29 is 14.6 Å². The molecule has 1 N–H and O–H groups in total. The monoisotopic (exact) mass is 685 g/mol. The van der Waals surface area contributed by atoms with Gasteiger partial charge in [-0.15, -0.1) is 0 Å². The molecule has 6 aromatic rings. The zero-order valence-electron chi connectivity index (χ0n) is 30.9. The van der Waals surface area contributed by atoms with Gasteiger partial charge in [-0.05, 0) is 69.3 Å². The molecule has 6 nitrogen and oxygen atoms in total. The van der Waals surface area contributed by atoms with Gasteiger partial charge in [0.25, 0.3) is 0 Å². The summed E-state index contributed by atoms with van der Waals surface area (Å²) in [5.74, 6) is 2.04. The van der Waals surface area contributed by atoms with E-state index >= 15 is 0 Å². The van der Waals surface area contributed by atoms with Gasteiger partial charge in [-0.2, -0.15) is 9.97 Å². The topological polar surface area (TPSA) is 77.4 Å². The molecule has 0 bridgehead atoms. The summed E-state index contributed by atoms with van der Waals surface area (Å²) in [6.45, 7) is 7.86. The van der Waals surface area contributed by atoms with Gasteiger partial charge in [0.15, 0.2) is 11.6 Å². The van der Waals surface area contributed by atoms with Gasteiger partial charge in [0.2, 0.25) is 0 Å². The van der Waals surface area contributed by atoms with Crippen molar-refractivity contribution in [1.82, 2.24) is 15.0 Å². The van der Waals surface area contributed by atoms with Crippen LogP contribution < -0.4 is 9.47 Å². The highest BCUT2D eigenvalue weighted by Gasteiger charge is 2.19. The van der Waals surface area contributed by atoms with Gasteiger partial charge in [-0.3, -0.25) is 0 Å². The van der Waals surface area contributed by atoms with E-state index in [1.54, 1.807) is 6.07 Å². The van der Waals surface area contributed by atoms with Crippen molar-refractivity contribution >= 4 is 32.3 Å². The molecule has 6 heteroatoms. The maximum atomic E-state index is 11.3. The van der Waals surface area contributed by atoms with Crippen LogP contribution in [0.5, 0.6) is 17.5 Å². The average molecular weight is 686 g/mol. The van der Waals surface area contributed by atoms with E-state index in [0.29, 0.717) is 42.1 Å². The minimum Gasteiger partial charge on any atom is -0.507 e. The molecule has 0 radical (unpaired) electrons. The Kier molecular flexibility index (Phi) is 12.9. The lowest BCUT2D eigenvalue weighted by Crippen LogP contribution is -2.13.